The number of anilines is 1. The number of hydrogen-bond donors (Lipinski definition) is 0. The monoisotopic (exact) mass is 600 g/mol. The molecule has 0 spiro atoms. The van der Waals surface area contributed by atoms with Crippen molar-refractivity contribution < 1.29 is 19.1 Å². The van der Waals surface area contributed by atoms with E-state index in [1.165, 1.54) is 11.3 Å². The molecule has 1 aliphatic carbocycles. The van der Waals surface area contributed by atoms with Crippen molar-refractivity contribution in [1.82, 2.24) is 4.98 Å². The number of aromatic nitrogens is 1. The van der Waals surface area contributed by atoms with E-state index in [1.54, 1.807) is 0 Å². The molecular formula is C32H36N6O4S. The minimum absolute atomic E-state index is 0.0691. The minimum Gasteiger partial charge on any atom is -0.465 e. The van der Waals surface area contributed by atoms with Crippen LogP contribution in [0.2, 0.25) is 0 Å². The molecule has 0 N–H and O–H groups in total. The van der Waals surface area contributed by atoms with Crippen LogP contribution < -0.4 is 4.90 Å². The maximum atomic E-state index is 11.8. The number of benzene rings is 2. The number of thiazole rings is 1. The Kier molecular flexibility index (Phi) is 11.4. The van der Waals surface area contributed by atoms with Crippen LogP contribution in [0.1, 0.15) is 43.3 Å². The average Bonchev–Trinajstić information content (AvgIpc) is 3.60. The zero-order valence-electron chi connectivity index (χ0n) is 24.7. The fourth-order valence-electron chi connectivity index (χ4n) is 4.12. The van der Waals surface area contributed by atoms with Crippen molar-refractivity contribution in [2.24, 2.45) is 26.4 Å². The summed E-state index contributed by atoms with van der Waals surface area (Å²) in [6, 6.07) is 15.5. The zero-order chi connectivity index (χ0) is 30.6. The number of nitrogens with zero attached hydrogens (tertiary/aromatic N) is 6. The third kappa shape index (κ3) is 9.24. The number of azo groups is 2. The van der Waals surface area contributed by atoms with Gasteiger partial charge in [0.1, 0.15) is 6.61 Å². The Morgan fingerprint density at radius 1 is 1.00 bits per heavy atom. The van der Waals surface area contributed by atoms with Gasteiger partial charge in [-0.3, -0.25) is 4.79 Å². The lowest BCUT2D eigenvalue weighted by atomic mass is 10.1. The Morgan fingerprint density at radius 2 is 1.70 bits per heavy atom. The van der Waals surface area contributed by atoms with Gasteiger partial charge in [-0.1, -0.05) is 43.9 Å². The summed E-state index contributed by atoms with van der Waals surface area (Å²) >= 11 is 1.46. The van der Waals surface area contributed by atoms with E-state index in [-0.39, 0.29) is 11.9 Å². The highest BCUT2D eigenvalue weighted by Gasteiger charge is 2.18. The highest BCUT2D eigenvalue weighted by Crippen LogP contribution is 2.35. The van der Waals surface area contributed by atoms with E-state index >= 15 is 0 Å². The number of allylic oxidation sites excluding steroid dienone is 1. The second kappa shape index (κ2) is 15.6. The second-order valence-electron chi connectivity index (χ2n) is 9.88. The van der Waals surface area contributed by atoms with Gasteiger partial charge in [0.15, 0.2) is 0 Å². The number of carbonyl (C=O) groups excluding carboxylic acids is 2. The smallest absolute Gasteiger partial charge is 0.330 e. The highest BCUT2D eigenvalue weighted by atomic mass is 32.1. The molecule has 0 radical (unpaired) electrons. The topological polar surface area (TPSA) is 118 Å². The number of hydrogen-bond acceptors (Lipinski definition) is 11. The van der Waals surface area contributed by atoms with Crippen molar-refractivity contribution in [1.29, 1.82) is 0 Å². The first-order valence-corrected chi connectivity index (χ1v) is 15.1. The third-order valence-electron chi connectivity index (χ3n) is 6.86. The predicted molar refractivity (Wildman–Crippen MR) is 169 cm³/mol. The molecule has 0 aliphatic heterocycles. The molecule has 3 aromatic rings. The van der Waals surface area contributed by atoms with E-state index < -0.39 is 5.97 Å². The summed E-state index contributed by atoms with van der Waals surface area (Å²) < 4.78 is 10.4. The summed E-state index contributed by atoms with van der Waals surface area (Å²) in [5.74, 6) is -0.641. The van der Waals surface area contributed by atoms with Gasteiger partial charge in [-0.15, -0.1) is 10.2 Å². The Balaban J connectivity index is 1.26. The molecule has 0 bridgehead atoms. The zero-order valence-corrected chi connectivity index (χ0v) is 25.5. The normalized spacial score (nSPS) is 13.1. The molecule has 1 atom stereocenters. The highest BCUT2D eigenvalue weighted by molar-refractivity contribution is 7.16. The van der Waals surface area contributed by atoms with Gasteiger partial charge in [0, 0.05) is 31.1 Å². The second-order valence-corrected chi connectivity index (χ2v) is 10.9. The number of rotatable bonds is 15. The lowest BCUT2D eigenvalue weighted by molar-refractivity contribution is -0.147. The van der Waals surface area contributed by atoms with E-state index in [9.17, 15) is 9.59 Å². The molecule has 0 saturated carbocycles. The summed E-state index contributed by atoms with van der Waals surface area (Å²) in [6.45, 7) is 11.3. The van der Waals surface area contributed by atoms with Gasteiger partial charge in [-0.2, -0.15) is 10.2 Å². The summed E-state index contributed by atoms with van der Waals surface area (Å²) in [5, 5.41) is 18.0. The van der Waals surface area contributed by atoms with Crippen molar-refractivity contribution in [3.8, 4) is 0 Å². The van der Waals surface area contributed by atoms with Crippen LogP contribution in [-0.4, -0.2) is 43.2 Å². The molecule has 0 fully saturated rings. The van der Waals surface area contributed by atoms with E-state index in [2.05, 4.69) is 36.9 Å². The van der Waals surface area contributed by atoms with Crippen LogP contribution in [0.25, 0.3) is 6.08 Å². The standard InChI is InChI=1S/C32H36N6O4S/c1-5-22(4)31(40)42-18-16-23-8-10-24(11-9-23)34-36-26-20-28-29(21-26)43-32(33-28)37-35-25-12-14-27(15-13-25)38(7-3)17-19-41-30(39)6-2/h6,8-15,21-22H,2,5,7,16-20H2,1,3-4H3. The van der Waals surface area contributed by atoms with Crippen molar-refractivity contribution >= 4 is 51.5 Å². The Labute approximate surface area is 255 Å². The summed E-state index contributed by atoms with van der Waals surface area (Å²) in [5.41, 5.74) is 5.31. The molecule has 1 aromatic heterocycles. The summed E-state index contributed by atoms with van der Waals surface area (Å²) in [4.78, 5) is 30.8. The first-order valence-electron chi connectivity index (χ1n) is 14.3. The van der Waals surface area contributed by atoms with Crippen LogP contribution in [0.3, 0.4) is 0 Å². The molecule has 4 rings (SSSR count). The van der Waals surface area contributed by atoms with Crippen LogP contribution >= 0.6 is 11.3 Å². The van der Waals surface area contributed by atoms with Gasteiger partial charge in [-0.05, 0) is 61.4 Å². The maximum absolute atomic E-state index is 11.8. The quantitative estimate of drug-likeness (QED) is 0.0993. The fourth-order valence-corrected chi connectivity index (χ4v) is 4.98. The van der Waals surface area contributed by atoms with E-state index in [0.29, 0.717) is 37.7 Å². The van der Waals surface area contributed by atoms with Gasteiger partial charge in [0.2, 0.25) is 5.13 Å². The van der Waals surface area contributed by atoms with Gasteiger partial charge in [0.25, 0.3) is 0 Å². The molecule has 224 valence electrons. The molecule has 1 heterocycles. The Bertz CT molecular complexity index is 1500. The lowest BCUT2D eigenvalue weighted by Gasteiger charge is -2.22. The van der Waals surface area contributed by atoms with Crippen LogP contribution in [0.4, 0.5) is 22.2 Å². The van der Waals surface area contributed by atoms with Gasteiger partial charge < -0.3 is 14.4 Å². The Morgan fingerprint density at radius 3 is 2.35 bits per heavy atom. The maximum Gasteiger partial charge on any atom is 0.330 e. The molecule has 11 heteroatoms. The van der Waals surface area contributed by atoms with Crippen LogP contribution in [0.5, 0.6) is 0 Å². The van der Waals surface area contributed by atoms with Gasteiger partial charge in [0.05, 0.1) is 46.7 Å². The van der Waals surface area contributed by atoms with Crippen LogP contribution in [0.15, 0.2) is 87.3 Å². The van der Waals surface area contributed by atoms with Gasteiger partial charge >= 0.3 is 11.9 Å². The van der Waals surface area contributed by atoms with Gasteiger partial charge in [-0.25, -0.2) is 9.78 Å². The van der Waals surface area contributed by atoms with Crippen LogP contribution in [0, 0.1) is 5.92 Å². The van der Waals surface area contributed by atoms with Crippen molar-refractivity contribution in [3.05, 3.63) is 83.0 Å². The molecule has 10 nitrogen and oxygen atoms in total. The largest absolute Gasteiger partial charge is 0.465 e. The molecule has 2 aromatic carbocycles. The van der Waals surface area contributed by atoms with Crippen LogP contribution in [-0.2, 0) is 31.9 Å². The first kappa shape index (κ1) is 31.4. The summed E-state index contributed by atoms with van der Waals surface area (Å²) in [6.07, 6.45) is 5.18. The van der Waals surface area contributed by atoms with Crippen molar-refractivity contribution in [2.45, 2.75) is 40.0 Å². The average molecular weight is 601 g/mol. The number of carbonyl (C=O) groups is 2. The number of fused-ring (bicyclic) bond motifs is 1. The van der Waals surface area contributed by atoms with E-state index in [1.807, 2.05) is 75.4 Å². The predicted octanol–water partition coefficient (Wildman–Crippen LogP) is 7.93. The fraction of sp³-hybridized carbons (Fsp3) is 0.344. The molecule has 0 saturated heterocycles. The van der Waals surface area contributed by atoms with Crippen molar-refractivity contribution in [2.75, 3.05) is 31.2 Å². The minimum atomic E-state index is -0.423. The molecule has 1 aliphatic rings. The third-order valence-corrected chi connectivity index (χ3v) is 7.79. The molecular weight excluding hydrogens is 564 g/mol. The molecule has 0 amide bonds. The summed E-state index contributed by atoms with van der Waals surface area (Å²) in [7, 11) is 0. The molecule has 1 unspecified atom stereocenters. The Hall–Kier alpha value is -4.51. The van der Waals surface area contributed by atoms with Crippen molar-refractivity contribution in [3.63, 3.8) is 0 Å². The van der Waals surface area contributed by atoms with E-state index in [0.717, 1.165) is 57.9 Å². The van der Waals surface area contributed by atoms with E-state index in [4.69, 9.17) is 9.47 Å². The molecule has 43 heavy (non-hydrogen) atoms. The number of likely N-dealkylation sites (N-methyl/N-ethyl adjacent to an activating group) is 1. The SMILES string of the molecule is C=CC(=O)OCCN(CC)c1ccc(N=Nc2nc3c(s2)C=C(N=Nc2ccc(CCOC(=O)C(C)CC)cc2)C3)cc1. The number of ether oxygens (including phenoxy) is 2. The lowest BCUT2D eigenvalue weighted by Crippen LogP contribution is -2.27. The first-order chi connectivity index (χ1) is 20.9. The number of esters is 2.